The minimum absolute atomic E-state index is 0.221. The van der Waals surface area contributed by atoms with Crippen molar-refractivity contribution >= 4 is 0 Å². The van der Waals surface area contributed by atoms with Gasteiger partial charge in [-0.2, -0.15) is 0 Å². The molecule has 1 aromatic heterocycles. The van der Waals surface area contributed by atoms with Crippen LogP contribution >= 0.6 is 0 Å². The molecule has 0 atom stereocenters. The summed E-state index contributed by atoms with van der Waals surface area (Å²) < 4.78 is 0. The zero-order chi connectivity index (χ0) is 9.90. The van der Waals surface area contributed by atoms with Gasteiger partial charge in [0.2, 0.25) is 0 Å². The van der Waals surface area contributed by atoms with Crippen molar-refractivity contribution < 1.29 is 0 Å². The first-order valence-electron chi connectivity index (χ1n) is 4.99. The zero-order valence-corrected chi connectivity index (χ0v) is 9.09. The van der Waals surface area contributed by atoms with E-state index >= 15 is 0 Å². The lowest BCUT2D eigenvalue weighted by atomic mass is 9.84. The van der Waals surface area contributed by atoms with E-state index in [-0.39, 0.29) is 5.41 Å². The highest BCUT2D eigenvalue weighted by Crippen LogP contribution is 2.25. The number of aryl methyl sites for hydroxylation is 1. The molecule has 0 amide bonds. The molecule has 0 aliphatic heterocycles. The normalized spacial score (nSPS) is 11.7. The predicted octanol–water partition coefficient (Wildman–Crippen LogP) is 3.33. The highest BCUT2D eigenvalue weighted by molar-refractivity contribution is 5.29. The zero-order valence-electron chi connectivity index (χ0n) is 9.09. The Kier molecular flexibility index (Phi) is 3.07. The van der Waals surface area contributed by atoms with Crippen LogP contribution in [-0.4, -0.2) is 4.98 Å². The standard InChI is InChI=1S/C12H19N/c1-5-6-10-7-8-13-9-11(10)12(2,3)4/h7-9H,5-6H2,1-4H3. The van der Waals surface area contributed by atoms with Crippen molar-refractivity contribution in [2.75, 3.05) is 0 Å². The molecule has 0 spiro atoms. The van der Waals surface area contributed by atoms with Gasteiger partial charge in [-0.1, -0.05) is 34.1 Å². The number of nitrogens with zero attached hydrogens (tertiary/aromatic N) is 1. The van der Waals surface area contributed by atoms with E-state index in [9.17, 15) is 0 Å². The van der Waals surface area contributed by atoms with Crippen molar-refractivity contribution in [3.05, 3.63) is 29.6 Å². The van der Waals surface area contributed by atoms with E-state index in [1.165, 1.54) is 17.5 Å². The minimum atomic E-state index is 0.221. The van der Waals surface area contributed by atoms with Gasteiger partial charge < -0.3 is 0 Å². The number of rotatable bonds is 2. The van der Waals surface area contributed by atoms with E-state index in [0.29, 0.717) is 0 Å². The van der Waals surface area contributed by atoms with Crippen molar-refractivity contribution in [1.82, 2.24) is 4.98 Å². The van der Waals surface area contributed by atoms with Crippen molar-refractivity contribution in [1.29, 1.82) is 0 Å². The fraction of sp³-hybridized carbons (Fsp3) is 0.583. The highest BCUT2D eigenvalue weighted by atomic mass is 14.6. The third-order valence-electron chi connectivity index (χ3n) is 2.24. The summed E-state index contributed by atoms with van der Waals surface area (Å²) in [4.78, 5) is 4.19. The Balaban J connectivity index is 3.05. The third kappa shape index (κ3) is 2.55. The molecule has 72 valence electrons. The third-order valence-corrected chi connectivity index (χ3v) is 2.24. The Labute approximate surface area is 81.2 Å². The molecule has 0 radical (unpaired) electrons. The molecule has 1 nitrogen and oxygen atoms in total. The maximum absolute atomic E-state index is 4.19. The van der Waals surface area contributed by atoms with Crippen LogP contribution in [0.4, 0.5) is 0 Å². The monoisotopic (exact) mass is 177 g/mol. The molecule has 0 aliphatic rings. The van der Waals surface area contributed by atoms with Crippen LogP contribution in [0.3, 0.4) is 0 Å². The van der Waals surface area contributed by atoms with E-state index in [1.54, 1.807) is 0 Å². The first-order chi connectivity index (χ1) is 6.05. The average Bonchev–Trinajstić information content (AvgIpc) is 2.04. The van der Waals surface area contributed by atoms with Gasteiger partial charge in [0.1, 0.15) is 0 Å². The van der Waals surface area contributed by atoms with Gasteiger partial charge in [-0.05, 0) is 29.0 Å². The summed E-state index contributed by atoms with van der Waals surface area (Å²) >= 11 is 0. The molecule has 0 aliphatic carbocycles. The summed E-state index contributed by atoms with van der Waals surface area (Å²) in [6, 6.07) is 2.14. The Hall–Kier alpha value is -0.850. The topological polar surface area (TPSA) is 12.9 Å². The molecule has 1 rings (SSSR count). The maximum Gasteiger partial charge on any atom is 0.0307 e. The summed E-state index contributed by atoms with van der Waals surface area (Å²) in [7, 11) is 0. The molecule has 0 unspecified atom stereocenters. The lowest BCUT2D eigenvalue weighted by Gasteiger charge is -2.21. The average molecular weight is 177 g/mol. The van der Waals surface area contributed by atoms with Crippen LogP contribution < -0.4 is 0 Å². The summed E-state index contributed by atoms with van der Waals surface area (Å²) in [5, 5.41) is 0. The van der Waals surface area contributed by atoms with Gasteiger partial charge in [-0.25, -0.2) is 0 Å². The molecule has 0 bridgehead atoms. The molecule has 0 saturated heterocycles. The van der Waals surface area contributed by atoms with Crippen molar-refractivity contribution in [3.63, 3.8) is 0 Å². The van der Waals surface area contributed by atoms with Crippen LogP contribution in [0.2, 0.25) is 0 Å². The smallest absolute Gasteiger partial charge is 0.0307 e. The second-order valence-electron chi connectivity index (χ2n) is 4.53. The summed E-state index contributed by atoms with van der Waals surface area (Å²) in [5.74, 6) is 0. The lowest BCUT2D eigenvalue weighted by Crippen LogP contribution is -2.14. The van der Waals surface area contributed by atoms with E-state index in [4.69, 9.17) is 0 Å². The molecule has 0 fully saturated rings. The number of hydrogen-bond donors (Lipinski definition) is 0. The molecule has 0 saturated carbocycles. The SMILES string of the molecule is CCCc1ccncc1C(C)(C)C. The first-order valence-corrected chi connectivity index (χ1v) is 4.99. The minimum Gasteiger partial charge on any atom is -0.264 e. The maximum atomic E-state index is 4.19. The van der Waals surface area contributed by atoms with Crippen LogP contribution in [0.25, 0.3) is 0 Å². The van der Waals surface area contributed by atoms with Crippen LogP contribution in [-0.2, 0) is 11.8 Å². The Morgan fingerprint density at radius 2 is 2.00 bits per heavy atom. The van der Waals surface area contributed by atoms with Crippen molar-refractivity contribution in [3.8, 4) is 0 Å². The fourth-order valence-corrected chi connectivity index (χ4v) is 1.59. The quantitative estimate of drug-likeness (QED) is 0.675. The summed E-state index contributed by atoms with van der Waals surface area (Å²) in [6.07, 6.45) is 6.26. The van der Waals surface area contributed by atoms with Crippen molar-refractivity contribution in [2.24, 2.45) is 0 Å². The van der Waals surface area contributed by atoms with E-state index in [2.05, 4.69) is 38.7 Å². The molecule has 1 heterocycles. The highest BCUT2D eigenvalue weighted by Gasteiger charge is 2.16. The van der Waals surface area contributed by atoms with E-state index in [0.717, 1.165) is 6.42 Å². The molecule has 13 heavy (non-hydrogen) atoms. The van der Waals surface area contributed by atoms with E-state index < -0.39 is 0 Å². The van der Waals surface area contributed by atoms with E-state index in [1.807, 2.05) is 12.4 Å². The van der Waals surface area contributed by atoms with Gasteiger partial charge in [0.25, 0.3) is 0 Å². The largest absolute Gasteiger partial charge is 0.264 e. The first kappa shape index (κ1) is 10.2. The number of hydrogen-bond acceptors (Lipinski definition) is 1. The van der Waals surface area contributed by atoms with Gasteiger partial charge >= 0.3 is 0 Å². The Morgan fingerprint density at radius 1 is 1.31 bits per heavy atom. The molecule has 1 aromatic rings. The van der Waals surface area contributed by atoms with Crippen LogP contribution in [0.1, 0.15) is 45.2 Å². The molecule has 0 N–H and O–H groups in total. The van der Waals surface area contributed by atoms with Gasteiger partial charge in [-0.3, -0.25) is 4.98 Å². The van der Waals surface area contributed by atoms with Crippen molar-refractivity contribution in [2.45, 2.75) is 46.0 Å². The van der Waals surface area contributed by atoms with Gasteiger partial charge in [-0.15, -0.1) is 0 Å². The van der Waals surface area contributed by atoms with Gasteiger partial charge in [0.15, 0.2) is 0 Å². The van der Waals surface area contributed by atoms with Gasteiger partial charge in [0.05, 0.1) is 0 Å². The molecular weight excluding hydrogens is 158 g/mol. The molecule has 1 heteroatoms. The van der Waals surface area contributed by atoms with Crippen LogP contribution in [0.15, 0.2) is 18.5 Å². The number of aromatic nitrogens is 1. The van der Waals surface area contributed by atoms with Gasteiger partial charge in [0, 0.05) is 12.4 Å². The summed E-state index contributed by atoms with van der Waals surface area (Å²) in [5.41, 5.74) is 3.06. The van der Waals surface area contributed by atoms with Crippen LogP contribution in [0, 0.1) is 0 Å². The van der Waals surface area contributed by atoms with Crippen LogP contribution in [0.5, 0.6) is 0 Å². The summed E-state index contributed by atoms with van der Waals surface area (Å²) in [6.45, 7) is 8.93. The molecular formula is C12H19N. The molecule has 0 aromatic carbocycles. The Morgan fingerprint density at radius 3 is 2.54 bits per heavy atom. The second kappa shape index (κ2) is 3.91. The number of pyridine rings is 1. The fourth-order valence-electron chi connectivity index (χ4n) is 1.59. The second-order valence-corrected chi connectivity index (χ2v) is 4.53. The predicted molar refractivity (Wildman–Crippen MR) is 56.9 cm³/mol. The lowest BCUT2D eigenvalue weighted by molar-refractivity contribution is 0.578. The Bertz CT molecular complexity index is 271.